The molecule has 0 bridgehead atoms. The number of methoxy groups -OCH3 is 1. The van der Waals surface area contributed by atoms with E-state index < -0.39 is 0 Å². The highest BCUT2D eigenvalue weighted by atomic mass is 127. The van der Waals surface area contributed by atoms with Crippen LogP contribution in [-0.2, 0) is 11.2 Å². The van der Waals surface area contributed by atoms with E-state index in [2.05, 4.69) is 66.0 Å². The quantitative estimate of drug-likeness (QED) is 0.659. The highest BCUT2D eigenvalue weighted by Gasteiger charge is 2.11. The molecule has 19 heavy (non-hydrogen) atoms. The number of ether oxygens (including phenoxy) is 1. The maximum Gasteiger partial charge on any atom is 0.0543 e. The first-order valence-corrected chi connectivity index (χ1v) is 8.24. The van der Waals surface area contributed by atoms with E-state index in [1.54, 1.807) is 7.11 Å². The van der Waals surface area contributed by atoms with Crippen molar-refractivity contribution in [3.05, 3.63) is 33.4 Å². The van der Waals surface area contributed by atoms with Crippen molar-refractivity contribution >= 4 is 22.6 Å². The van der Waals surface area contributed by atoms with E-state index in [9.17, 15) is 0 Å². The summed E-state index contributed by atoms with van der Waals surface area (Å²) in [5.74, 6) is 0. The maximum absolute atomic E-state index is 5.34. The third-order valence-electron chi connectivity index (χ3n) is 3.40. The van der Waals surface area contributed by atoms with Crippen LogP contribution < -0.4 is 5.32 Å². The summed E-state index contributed by atoms with van der Waals surface area (Å²) in [5.41, 5.74) is 1.42. The monoisotopic (exact) mass is 375 g/mol. The van der Waals surface area contributed by atoms with E-state index in [1.807, 2.05) is 0 Å². The van der Waals surface area contributed by atoms with Gasteiger partial charge in [-0.15, -0.1) is 0 Å². The summed E-state index contributed by atoms with van der Waals surface area (Å²) in [4.78, 5) is 0. The number of rotatable bonds is 9. The summed E-state index contributed by atoms with van der Waals surface area (Å²) >= 11 is 2.35. The second kappa shape index (κ2) is 9.72. The minimum atomic E-state index is 0.350. The van der Waals surface area contributed by atoms with E-state index in [0.717, 1.165) is 19.4 Å². The van der Waals surface area contributed by atoms with Gasteiger partial charge >= 0.3 is 0 Å². The average Bonchev–Trinajstić information content (AvgIpc) is 2.43. The molecule has 0 radical (unpaired) electrons. The SMILES string of the molecule is CCCNC(CCC(C)OC)Cc1ccc(I)cc1. The molecule has 0 spiro atoms. The molecule has 2 nitrogen and oxygen atoms in total. The van der Waals surface area contributed by atoms with Gasteiger partial charge in [0.25, 0.3) is 0 Å². The van der Waals surface area contributed by atoms with Gasteiger partial charge in [0.05, 0.1) is 6.10 Å². The summed E-state index contributed by atoms with van der Waals surface area (Å²) in [6.45, 7) is 5.45. The van der Waals surface area contributed by atoms with Gasteiger partial charge in [-0.25, -0.2) is 0 Å². The molecule has 0 aromatic heterocycles. The van der Waals surface area contributed by atoms with Crippen LogP contribution in [0.4, 0.5) is 0 Å². The van der Waals surface area contributed by atoms with Crippen LogP contribution in [-0.4, -0.2) is 25.8 Å². The Morgan fingerprint density at radius 2 is 1.89 bits per heavy atom. The third kappa shape index (κ3) is 7.28. The first-order valence-electron chi connectivity index (χ1n) is 7.16. The fourth-order valence-corrected chi connectivity index (χ4v) is 2.44. The Kier molecular flexibility index (Phi) is 8.66. The molecule has 2 atom stereocenters. The molecular formula is C16H26INO. The summed E-state index contributed by atoms with van der Waals surface area (Å²) in [5, 5.41) is 3.65. The predicted octanol–water partition coefficient (Wildman–Crippen LogP) is 4.02. The van der Waals surface area contributed by atoms with Gasteiger partial charge < -0.3 is 10.1 Å². The van der Waals surface area contributed by atoms with E-state index in [0.29, 0.717) is 12.1 Å². The van der Waals surface area contributed by atoms with Crippen molar-refractivity contribution in [3.63, 3.8) is 0 Å². The van der Waals surface area contributed by atoms with Crippen molar-refractivity contribution in [1.29, 1.82) is 0 Å². The molecule has 0 saturated carbocycles. The normalized spacial score (nSPS) is 14.3. The third-order valence-corrected chi connectivity index (χ3v) is 4.12. The second-order valence-electron chi connectivity index (χ2n) is 5.11. The summed E-state index contributed by atoms with van der Waals surface area (Å²) in [7, 11) is 1.79. The van der Waals surface area contributed by atoms with Gasteiger partial charge in [-0.2, -0.15) is 0 Å². The number of nitrogens with one attached hydrogen (secondary N) is 1. The molecule has 1 N–H and O–H groups in total. The number of benzene rings is 1. The van der Waals surface area contributed by atoms with E-state index in [1.165, 1.54) is 22.0 Å². The van der Waals surface area contributed by atoms with Gasteiger partial charge in [0.15, 0.2) is 0 Å². The minimum absolute atomic E-state index is 0.350. The van der Waals surface area contributed by atoms with Crippen molar-refractivity contribution in [1.82, 2.24) is 5.32 Å². The van der Waals surface area contributed by atoms with Crippen molar-refractivity contribution in [2.75, 3.05) is 13.7 Å². The van der Waals surface area contributed by atoms with Gasteiger partial charge in [-0.3, -0.25) is 0 Å². The summed E-state index contributed by atoms with van der Waals surface area (Å²) < 4.78 is 6.64. The zero-order chi connectivity index (χ0) is 14.1. The molecule has 0 fully saturated rings. The van der Waals surface area contributed by atoms with Crippen LogP contribution in [0.2, 0.25) is 0 Å². The first-order chi connectivity index (χ1) is 9.15. The molecule has 0 aliphatic heterocycles. The largest absolute Gasteiger partial charge is 0.382 e. The van der Waals surface area contributed by atoms with Gasteiger partial charge in [-0.1, -0.05) is 19.1 Å². The van der Waals surface area contributed by atoms with Crippen molar-refractivity contribution in [3.8, 4) is 0 Å². The highest BCUT2D eigenvalue weighted by Crippen LogP contribution is 2.12. The van der Waals surface area contributed by atoms with Gasteiger partial charge in [0, 0.05) is 16.7 Å². The molecule has 0 heterocycles. The van der Waals surface area contributed by atoms with Gasteiger partial charge in [0.2, 0.25) is 0 Å². The van der Waals surface area contributed by atoms with Crippen LogP contribution in [0.5, 0.6) is 0 Å². The Hall–Kier alpha value is -0.130. The molecule has 2 unspecified atom stereocenters. The lowest BCUT2D eigenvalue weighted by Crippen LogP contribution is -2.32. The molecule has 3 heteroatoms. The lowest BCUT2D eigenvalue weighted by atomic mass is 10.0. The first kappa shape index (κ1) is 16.9. The van der Waals surface area contributed by atoms with E-state index >= 15 is 0 Å². The smallest absolute Gasteiger partial charge is 0.0543 e. The minimum Gasteiger partial charge on any atom is -0.382 e. The fraction of sp³-hybridized carbons (Fsp3) is 0.625. The number of halogens is 1. The molecular weight excluding hydrogens is 349 g/mol. The Morgan fingerprint density at radius 1 is 1.21 bits per heavy atom. The van der Waals surface area contributed by atoms with Crippen LogP contribution in [0.25, 0.3) is 0 Å². The molecule has 108 valence electrons. The number of hydrogen-bond acceptors (Lipinski definition) is 2. The predicted molar refractivity (Wildman–Crippen MR) is 90.6 cm³/mol. The zero-order valence-corrected chi connectivity index (χ0v) is 14.4. The Balaban J connectivity index is 2.50. The topological polar surface area (TPSA) is 21.3 Å². The van der Waals surface area contributed by atoms with Crippen LogP contribution in [0.1, 0.15) is 38.7 Å². The Bertz CT molecular complexity index is 339. The standard InChI is InChI=1S/C16H26INO/c1-4-11-18-16(10-5-13(2)19-3)12-14-6-8-15(17)9-7-14/h6-9,13,16,18H,4-5,10-12H2,1-3H3. The molecule has 1 aromatic carbocycles. The van der Waals surface area contributed by atoms with Crippen molar-refractivity contribution in [2.45, 2.75) is 51.7 Å². The molecule has 0 amide bonds. The van der Waals surface area contributed by atoms with Crippen molar-refractivity contribution in [2.24, 2.45) is 0 Å². The lowest BCUT2D eigenvalue weighted by molar-refractivity contribution is 0.106. The molecule has 0 aliphatic rings. The van der Waals surface area contributed by atoms with Gasteiger partial charge in [0.1, 0.15) is 0 Å². The second-order valence-corrected chi connectivity index (χ2v) is 6.35. The van der Waals surface area contributed by atoms with Crippen LogP contribution >= 0.6 is 22.6 Å². The van der Waals surface area contributed by atoms with Crippen molar-refractivity contribution < 1.29 is 4.74 Å². The lowest BCUT2D eigenvalue weighted by Gasteiger charge is -2.20. The number of hydrogen-bond donors (Lipinski definition) is 1. The average molecular weight is 375 g/mol. The molecule has 1 aromatic rings. The maximum atomic E-state index is 5.34. The summed E-state index contributed by atoms with van der Waals surface area (Å²) in [6.07, 6.45) is 4.92. The van der Waals surface area contributed by atoms with E-state index in [-0.39, 0.29) is 0 Å². The van der Waals surface area contributed by atoms with Crippen LogP contribution in [0.15, 0.2) is 24.3 Å². The van der Waals surface area contributed by atoms with Crippen LogP contribution in [0, 0.1) is 3.57 Å². The molecule has 0 aliphatic carbocycles. The fourth-order valence-electron chi connectivity index (χ4n) is 2.08. The zero-order valence-electron chi connectivity index (χ0n) is 12.3. The van der Waals surface area contributed by atoms with Gasteiger partial charge in [-0.05, 0) is 79.4 Å². The van der Waals surface area contributed by atoms with E-state index in [4.69, 9.17) is 4.74 Å². The highest BCUT2D eigenvalue weighted by molar-refractivity contribution is 14.1. The summed E-state index contributed by atoms with van der Waals surface area (Å²) in [6, 6.07) is 9.40. The molecule has 1 rings (SSSR count). The van der Waals surface area contributed by atoms with Crippen LogP contribution in [0.3, 0.4) is 0 Å². The molecule has 0 saturated heterocycles. The Morgan fingerprint density at radius 3 is 2.47 bits per heavy atom. The Labute approximate surface area is 131 Å².